The van der Waals surface area contributed by atoms with Gasteiger partial charge in [-0.15, -0.1) is 0 Å². The van der Waals surface area contributed by atoms with Gasteiger partial charge in [0.05, 0.1) is 33.3 Å². The Morgan fingerprint density at radius 2 is 1.39 bits per heavy atom. The number of carbonyl (C=O) groups is 4. The number of methoxy groups -OCH3 is 3. The monoisotopic (exact) mass is 692 g/mol. The van der Waals surface area contributed by atoms with Gasteiger partial charge in [-0.05, 0) is 77.0 Å². The number of rotatable bonds is 8. The second-order valence-corrected chi connectivity index (χ2v) is 13.2. The van der Waals surface area contributed by atoms with Gasteiger partial charge in [-0.2, -0.15) is 0 Å². The van der Waals surface area contributed by atoms with Crippen molar-refractivity contribution in [2.45, 2.75) is 64.3 Å². The molecule has 0 fully saturated rings. The average Bonchev–Trinajstić information content (AvgIpc) is 3.13. The number of carbonyl (C=O) groups excluding carboxylic acids is 4. The van der Waals surface area contributed by atoms with Crippen molar-refractivity contribution in [3.8, 4) is 22.6 Å². The van der Waals surface area contributed by atoms with Crippen molar-refractivity contribution in [1.29, 1.82) is 0 Å². The molecule has 9 heteroatoms. The number of hydrogen-bond donors (Lipinski definition) is 2. The fourth-order valence-electron chi connectivity index (χ4n) is 7.36. The van der Waals surface area contributed by atoms with Gasteiger partial charge in [0, 0.05) is 43.2 Å². The lowest BCUT2D eigenvalue weighted by atomic mass is 9.83. The third-order valence-corrected chi connectivity index (χ3v) is 9.82. The summed E-state index contributed by atoms with van der Waals surface area (Å²) < 4.78 is 17.6. The summed E-state index contributed by atoms with van der Waals surface area (Å²) in [5, 5.41) is 6.73. The first-order valence-corrected chi connectivity index (χ1v) is 17.6. The number of hydrogen-bond acceptors (Lipinski definition) is 8. The molecule has 268 valence electrons. The zero-order valence-electron chi connectivity index (χ0n) is 30.0. The first kappa shape index (κ1) is 37.2. The van der Waals surface area contributed by atoms with E-state index < -0.39 is 23.8 Å². The molecule has 0 radical (unpaired) electrons. The van der Waals surface area contributed by atoms with Crippen molar-refractivity contribution in [3.05, 3.63) is 83.9 Å². The van der Waals surface area contributed by atoms with Gasteiger partial charge in [-0.1, -0.05) is 67.1 Å². The molecule has 3 atom stereocenters. The predicted octanol–water partition coefficient (Wildman–Crippen LogP) is 6.68. The van der Waals surface area contributed by atoms with Gasteiger partial charge in [-0.3, -0.25) is 19.2 Å². The Bertz CT molecular complexity index is 1950. The number of amides is 1. The van der Waals surface area contributed by atoms with Gasteiger partial charge >= 0.3 is 5.97 Å². The maximum Gasteiger partial charge on any atom is 0.309 e. The maximum absolute atomic E-state index is 14.2. The highest BCUT2D eigenvalue weighted by molar-refractivity contribution is 6.11. The minimum atomic E-state index is -0.932. The van der Waals surface area contributed by atoms with Gasteiger partial charge in [0.15, 0.2) is 5.78 Å². The Balaban J connectivity index is 1.78. The van der Waals surface area contributed by atoms with Crippen molar-refractivity contribution in [1.82, 2.24) is 5.32 Å². The number of nitrogens with one attached hydrogen (secondary N) is 1. The zero-order chi connectivity index (χ0) is 36.5. The molecule has 0 saturated heterocycles. The molecule has 1 aliphatic rings. The predicted molar refractivity (Wildman–Crippen MR) is 200 cm³/mol. The van der Waals surface area contributed by atoms with Crippen molar-refractivity contribution in [3.63, 3.8) is 0 Å². The number of nitrogens with two attached hydrogens (primary N) is 1. The number of allylic oxidation sites excluding steroid dienone is 2. The van der Waals surface area contributed by atoms with Gasteiger partial charge in [0.1, 0.15) is 17.3 Å². The summed E-state index contributed by atoms with van der Waals surface area (Å²) in [5.74, 6) is -1.39. The van der Waals surface area contributed by atoms with Gasteiger partial charge in [0.25, 0.3) is 0 Å². The standard InChI is InChI=1S/C42H48N2O7/c1-26(45)44-35-23-32-22-28-14-8-10-19-34(28)39(41(32)50-3)38-33-18-9-7-13-27(33)21-30(40(38)49-2)16-5-6-17-31(42(48)51-4)25-36(46)29(24-37(35)47)15-11-12-20-43/h5-10,13-14,18-19,21-22,29,31,35H,11-12,15-17,20,23-25,43H2,1-4H3,(H,44,45)/b6-5-. The van der Waals surface area contributed by atoms with Crippen LogP contribution in [-0.2, 0) is 36.8 Å². The molecule has 4 bridgehead atoms. The van der Waals surface area contributed by atoms with Crippen LogP contribution in [-0.4, -0.2) is 57.4 Å². The first-order chi connectivity index (χ1) is 24.7. The lowest BCUT2D eigenvalue weighted by Crippen LogP contribution is -2.42. The molecule has 0 aliphatic heterocycles. The topological polar surface area (TPSA) is 134 Å². The average molecular weight is 693 g/mol. The van der Waals surface area contributed by atoms with Crippen LogP contribution in [0.25, 0.3) is 32.7 Å². The Morgan fingerprint density at radius 3 is 1.98 bits per heavy atom. The van der Waals surface area contributed by atoms with Crippen molar-refractivity contribution in [2.75, 3.05) is 27.9 Å². The largest absolute Gasteiger partial charge is 0.496 e. The van der Waals surface area contributed by atoms with Gasteiger partial charge < -0.3 is 25.3 Å². The summed E-state index contributed by atoms with van der Waals surface area (Å²) >= 11 is 0. The molecule has 9 nitrogen and oxygen atoms in total. The number of benzene rings is 4. The maximum atomic E-state index is 14.2. The van der Waals surface area contributed by atoms with Crippen LogP contribution in [0.4, 0.5) is 0 Å². The van der Waals surface area contributed by atoms with E-state index in [-0.39, 0.29) is 36.7 Å². The summed E-state index contributed by atoms with van der Waals surface area (Å²) in [6.07, 6.45) is 6.49. The number of ketones is 2. The Labute approximate surface area is 299 Å². The number of Topliss-reactive ketones (excluding diaryl/α,β-unsaturated/α-hetero) is 2. The van der Waals surface area contributed by atoms with Gasteiger partial charge in [0.2, 0.25) is 5.91 Å². The van der Waals surface area contributed by atoms with Crippen LogP contribution in [0.1, 0.15) is 56.6 Å². The molecule has 3 unspecified atom stereocenters. The lowest BCUT2D eigenvalue weighted by Gasteiger charge is -2.25. The highest BCUT2D eigenvalue weighted by Gasteiger charge is 2.32. The Hall–Kier alpha value is -5.02. The summed E-state index contributed by atoms with van der Waals surface area (Å²) in [5.41, 5.74) is 9.10. The highest BCUT2D eigenvalue weighted by Crippen LogP contribution is 2.48. The molecule has 0 aromatic heterocycles. The molecule has 0 heterocycles. The van der Waals surface area contributed by atoms with Crippen molar-refractivity contribution >= 4 is 45.0 Å². The minimum absolute atomic E-state index is 0.0618. The lowest BCUT2D eigenvalue weighted by molar-refractivity contribution is -0.147. The quantitative estimate of drug-likeness (QED) is 0.119. The molecule has 4 aromatic rings. The van der Waals surface area contributed by atoms with Crippen LogP contribution in [0.15, 0.2) is 72.8 Å². The molecule has 4 aromatic carbocycles. The van der Waals surface area contributed by atoms with E-state index in [4.69, 9.17) is 19.9 Å². The minimum Gasteiger partial charge on any atom is -0.496 e. The molecular formula is C42H48N2O7. The second-order valence-electron chi connectivity index (χ2n) is 13.2. The highest BCUT2D eigenvalue weighted by atomic mass is 16.5. The molecule has 1 aliphatic carbocycles. The molecule has 3 N–H and O–H groups in total. The molecule has 1 amide bonds. The van der Waals surface area contributed by atoms with Crippen LogP contribution in [0, 0.1) is 11.8 Å². The molecular weight excluding hydrogens is 644 g/mol. The first-order valence-electron chi connectivity index (χ1n) is 17.6. The molecule has 5 rings (SSSR count). The van der Waals surface area contributed by atoms with Crippen LogP contribution in [0.3, 0.4) is 0 Å². The molecule has 51 heavy (non-hydrogen) atoms. The van der Waals surface area contributed by atoms with E-state index in [1.165, 1.54) is 14.0 Å². The van der Waals surface area contributed by atoms with Crippen molar-refractivity contribution < 1.29 is 33.4 Å². The van der Waals surface area contributed by atoms with E-state index in [1.807, 2.05) is 54.6 Å². The summed E-state index contributed by atoms with van der Waals surface area (Å²) in [6.45, 7) is 1.84. The Morgan fingerprint density at radius 1 is 0.784 bits per heavy atom. The van der Waals surface area contributed by atoms with E-state index in [0.717, 1.165) is 43.8 Å². The summed E-state index contributed by atoms with van der Waals surface area (Å²) in [4.78, 5) is 53.6. The zero-order valence-corrected chi connectivity index (χ0v) is 30.0. The fraction of sp³-hybridized carbons (Fsp3) is 0.381. The Kier molecular flexibility index (Phi) is 12.6. The summed E-state index contributed by atoms with van der Waals surface area (Å²) in [7, 11) is 4.58. The SMILES string of the molecule is COC(=O)C1C/C=C\Cc2cc3ccccc3c(c2OC)-c2c(OC)c(cc3ccccc23)CC(NC(C)=O)C(=O)CC(CCCCN)C(=O)C1. The van der Waals surface area contributed by atoms with Crippen LogP contribution in [0.5, 0.6) is 11.5 Å². The van der Waals surface area contributed by atoms with Gasteiger partial charge in [-0.25, -0.2) is 0 Å². The molecule has 0 saturated carbocycles. The van der Waals surface area contributed by atoms with Crippen LogP contribution >= 0.6 is 0 Å². The van der Waals surface area contributed by atoms with Crippen LogP contribution in [0.2, 0.25) is 0 Å². The van der Waals surface area contributed by atoms with E-state index in [9.17, 15) is 19.2 Å². The van der Waals surface area contributed by atoms with Crippen LogP contribution < -0.4 is 20.5 Å². The number of esters is 1. The van der Waals surface area contributed by atoms with E-state index in [0.29, 0.717) is 50.1 Å². The number of unbranched alkanes of at least 4 members (excludes halogenated alkanes) is 1. The van der Waals surface area contributed by atoms with E-state index in [2.05, 4.69) is 23.5 Å². The third kappa shape index (κ3) is 8.48. The number of fused-ring (bicyclic) bond motifs is 9. The van der Waals surface area contributed by atoms with E-state index >= 15 is 0 Å². The smallest absolute Gasteiger partial charge is 0.309 e. The second kappa shape index (κ2) is 17.3. The third-order valence-electron chi connectivity index (χ3n) is 9.82. The van der Waals surface area contributed by atoms with E-state index in [1.54, 1.807) is 14.2 Å². The fourth-order valence-corrected chi connectivity index (χ4v) is 7.36. The molecule has 0 spiro atoms. The van der Waals surface area contributed by atoms with Crippen molar-refractivity contribution in [2.24, 2.45) is 17.6 Å². The summed E-state index contributed by atoms with van der Waals surface area (Å²) in [6, 6.07) is 19.3. The normalized spacial score (nSPS) is 19.2. The number of ether oxygens (including phenoxy) is 3.